The van der Waals surface area contributed by atoms with Crippen LogP contribution in [0.15, 0.2) is 59.4 Å². The van der Waals surface area contributed by atoms with E-state index in [0.29, 0.717) is 6.54 Å². The zero-order chi connectivity index (χ0) is 15.5. The Bertz CT molecular complexity index is 837. The maximum Gasteiger partial charge on any atom is 0.252 e. The molecule has 1 heterocycles. The van der Waals surface area contributed by atoms with Crippen LogP contribution >= 0.6 is 0 Å². The second kappa shape index (κ2) is 6.16. The molecule has 0 aliphatic heterocycles. The number of fused-ring (bicyclic) bond motifs is 1. The summed E-state index contributed by atoms with van der Waals surface area (Å²) in [6, 6.07) is 18.5. The third kappa shape index (κ3) is 3.10. The third-order valence-corrected chi connectivity index (χ3v) is 3.97. The van der Waals surface area contributed by atoms with Crippen molar-refractivity contribution in [3.8, 4) is 0 Å². The van der Waals surface area contributed by atoms with Crippen LogP contribution < -0.4 is 10.9 Å². The molecule has 0 fully saturated rings. The van der Waals surface area contributed by atoms with Gasteiger partial charge in [0.15, 0.2) is 0 Å². The Hall–Kier alpha value is -2.39. The van der Waals surface area contributed by atoms with Gasteiger partial charge in [-0.2, -0.15) is 0 Å². The van der Waals surface area contributed by atoms with Gasteiger partial charge < -0.3 is 10.3 Å². The highest BCUT2D eigenvalue weighted by Gasteiger charge is 2.07. The lowest BCUT2D eigenvalue weighted by Crippen LogP contribution is -2.23. The number of hydrogen-bond acceptors (Lipinski definition) is 2. The summed E-state index contributed by atoms with van der Waals surface area (Å²) in [6.45, 7) is 4.71. The summed E-state index contributed by atoms with van der Waals surface area (Å²) in [5.74, 6) is 0. The zero-order valence-corrected chi connectivity index (χ0v) is 12.9. The van der Waals surface area contributed by atoms with Crippen molar-refractivity contribution < 1.29 is 0 Å². The highest BCUT2D eigenvalue weighted by atomic mass is 16.1. The summed E-state index contributed by atoms with van der Waals surface area (Å²) in [7, 11) is 0. The van der Waals surface area contributed by atoms with Gasteiger partial charge >= 0.3 is 0 Å². The van der Waals surface area contributed by atoms with Crippen LogP contribution in [0.3, 0.4) is 0 Å². The van der Waals surface area contributed by atoms with Crippen LogP contribution in [0.2, 0.25) is 0 Å². The lowest BCUT2D eigenvalue weighted by molar-refractivity contribution is 0.572. The standard InChI is InChI=1S/C19H20N2O/c1-13-8-9-18-16(10-13)11-17(19(22)21-18)12-20-14(2)15-6-4-3-5-7-15/h3-11,14,20H,12H2,1-2H3,(H,21,22)/t14-/m0/s1. The first-order valence-corrected chi connectivity index (χ1v) is 7.54. The lowest BCUT2D eigenvalue weighted by Gasteiger charge is -2.14. The van der Waals surface area contributed by atoms with E-state index < -0.39 is 0 Å². The minimum Gasteiger partial charge on any atom is -0.322 e. The number of benzene rings is 2. The molecule has 112 valence electrons. The number of H-pyrrole nitrogens is 1. The summed E-state index contributed by atoms with van der Waals surface area (Å²) < 4.78 is 0. The lowest BCUT2D eigenvalue weighted by atomic mass is 10.1. The van der Waals surface area contributed by atoms with Crippen LogP contribution in [0.1, 0.15) is 29.7 Å². The van der Waals surface area contributed by atoms with E-state index in [9.17, 15) is 4.79 Å². The Labute approximate surface area is 130 Å². The van der Waals surface area contributed by atoms with Crippen molar-refractivity contribution in [1.29, 1.82) is 0 Å². The van der Waals surface area contributed by atoms with E-state index in [1.807, 2.05) is 36.4 Å². The number of nitrogens with one attached hydrogen (secondary N) is 2. The molecule has 1 aromatic heterocycles. The number of hydrogen-bond donors (Lipinski definition) is 2. The molecule has 1 atom stereocenters. The zero-order valence-electron chi connectivity index (χ0n) is 12.9. The van der Waals surface area contributed by atoms with Gasteiger partial charge in [0.1, 0.15) is 0 Å². The van der Waals surface area contributed by atoms with E-state index in [4.69, 9.17) is 0 Å². The minimum atomic E-state index is -0.0240. The molecule has 0 bridgehead atoms. The van der Waals surface area contributed by atoms with E-state index in [0.717, 1.165) is 16.5 Å². The SMILES string of the molecule is Cc1ccc2[nH]c(=O)c(CN[C@@H](C)c3ccccc3)cc2c1. The minimum absolute atomic E-state index is 0.0240. The molecular weight excluding hydrogens is 272 g/mol. The van der Waals surface area contributed by atoms with Crippen molar-refractivity contribution in [1.82, 2.24) is 10.3 Å². The predicted molar refractivity (Wildman–Crippen MR) is 91.0 cm³/mol. The maximum absolute atomic E-state index is 12.2. The average Bonchev–Trinajstić information content (AvgIpc) is 2.54. The first kappa shape index (κ1) is 14.5. The molecule has 2 N–H and O–H groups in total. The van der Waals surface area contributed by atoms with E-state index in [2.05, 4.69) is 42.3 Å². The van der Waals surface area contributed by atoms with Crippen LogP contribution in [0.5, 0.6) is 0 Å². The van der Waals surface area contributed by atoms with Crippen LogP contribution in [-0.4, -0.2) is 4.98 Å². The van der Waals surface area contributed by atoms with E-state index in [1.54, 1.807) is 0 Å². The Morgan fingerprint density at radius 1 is 1.09 bits per heavy atom. The van der Waals surface area contributed by atoms with Crippen LogP contribution in [-0.2, 0) is 6.54 Å². The van der Waals surface area contributed by atoms with Crippen molar-refractivity contribution in [2.45, 2.75) is 26.4 Å². The first-order valence-electron chi connectivity index (χ1n) is 7.54. The Kier molecular flexibility index (Phi) is 4.07. The van der Waals surface area contributed by atoms with Crippen LogP contribution in [0.25, 0.3) is 10.9 Å². The quantitative estimate of drug-likeness (QED) is 0.770. The summed E-state index contributed by atoms with van der Waals surface area (Å²) in [5.41, 5.74) is 4.03. The van der Waals surface area contributed by atoms with Crippen molar-refractivity contribution in [2.24, 2.45) is 0 Å². The molecule has 0 saturated heterocycles. The normalized spacial score (nSPS) is 12.5. The smallest absolute Gasteiger partial charge is 0.252 e. The van der Waals surface area contributed by atoms with E-state index >= 15 is 0 Å². The monoisotopic (exact) mass is 292 g/mol. The molecule has 0 spiro atoms. The van der Waals surface area contributed by atoms with Gasteiger partial charge in [0.2, 0.25) is 0 Å². The molecule has 3 heteroatoms. The molecule has 0 unspecified atom stereocenters. The van der Waals surface area contributed by atoms with Gasteiger partial charge in [-0.3, -0.25) is 4.79 Å². The molecule has 0 saturated carbocycles. The fourth-order valence-corrected chi connectivity index (χ4v) is 2.63. The Morgan fingerprint density at radius 2 is 1.86 bits per heavy atom. The van der Waals surface area contributed by atoms with Crippen molar-refractivity contribution in [3.05, 3.63) is 81.6 Å². The summed E-state index contributed by atoms with van der Waals surface area (Å²) in [4.78, 5) is 15.1. The first-order chi connectivity index (χ1) is 10.6. The number of aryl methyl sites for hydroxylation is 1. The molecule has 22 heavy (non-hydrogen) atoms. The fraction of sp³-hybridized carbons (Fsp3) is 0.211. The van der Waals surface area contributed by atoms with Gasteiger partial charge in [0.25, 0.3) is 5.56 Å². The largest absolute Gasteiger partial charge is 0.322 e. The molecule has 0 amide bonds. The number of aromatic amines is 1. The number of rotatable bonds is 4. The van der Waals surface area contributed by atoms with E-state index in [1.165, 1.54) is 11.1 Å². The number of pyridine rings is 1. The van der Waals surface area contributed by atoms with Gasteiger partial charge in [0, 0.05) is 23.7 Å². The maximum atomic E-state index is 12.2. The summed E-state index contributed by atoms with van der Waals surface area (Å²) in [6.07, 6.45) is 0. The topological polar surface area (TPSA) is 44.9 Å². The third-order valence-electron chi connectivity index (χ3n) is 3.97. The molecule has 0 aliphatic rings. The summed E-state index contributed by atoms with van der Waals surface area (Å²) >= 11 is 0. The molecule has 2 aromatic carbocycles. The molecule has 3 aromatic rings. The molecule has 0 aliphatic carbocycles. The summed E-state index contributed by atoms with van der Waals surface area (Å²) in [5, 5.41) is 4.49. The van der Waals surface area contributed by atoms with Crippen LogP contribution in [0, 0.1) is 6.92 Å². The van der Waals surface area contributed by atoms with E-state index in [-0.39, 0.29) is 11.6 Å². The molecule has 3 nitrogen and oxygen atoms in total. The molecular formula is C19H20N2O. The fourth-order valence-electron chi connectivity index (χ4n) is 2.63. The second-order valence-electron chi connectivity index (χ2n) is 5.73. The van der Waals surface area contributed by atoms with Gasteiger partial charge in [0.05, 0.1) is 0 Å². The predicted octanol–water partition coefficient (Wildman–Crippen LogP) is 3.69. The second-order valence-corrected chi connectivity index (χ2v) is 5.73. The van der Waals surface area contributed by atoms with Crippen molar-refractivity contribution in [2.75, 3.05) is 0 Å². The van der Waals surface area contributed by atoms with Gasteiger partial charge in [-0.1, -0.05) is 42.0 Å². The molecule has 3 rings (SSSR count). The van der Waals surface area contributed by atoms with Gasteiger partial charge in [-0.25, -0.2) is 0 Å². The van der Waals surface area contributed by atoms with Crippen LogP contribution in [0.4, 0.5) is 0 Å². The number of aromatic nitrogens is 1. The average molecular weight is 292 g/mol. The Morgan fingerprint density at radius 3 is 2.64 bits per heavy atom. The van der Waals surface area contributed by atoms with Gasteiger partial charge in [-0.15, -0.1) is 0 Å². The Balaban J connectivity index is 1.82. The van der Waals surface area contributed by atoms with Crippen molar-refractivity contribution in [3.63, 3.8) is 0 Å². The van der Waals surface area contributed by atoms with Crippen molar-refractivity contribution >= 4 is 10.9 Å². The highest BCUT2D eigenvalue weighted by Crippen LogP contribution is 2.15. The van der Waals surface area contributed by atoms with Gasteiger partial charge in [-0.05, 0) is 43.0 Å². The molecule has 0 radical (unpaired) electrons. The highest BCUT2D eigenvalue weighted by molar-refractivity contribution is 5.79.